The number of benzene rings is 2. The van der Waals surface area contributed by atoms with Crippen molar-refractivity contribution < 1.29 is 36.9 Å². The zero-order valence-corrected chi connectivity index (χ0v) is 15.6. The third-order valence-electron chi connectivity index (χ3n) is 3.71. The molecule has 0 aliphatic rings. The highest BCUT2D eigenvalue weighted by Gasteiger charge is 2.28. The van der Waals surface area contributed by atoms with Crippen LogP contribution in [0.4, 0.5) is 13.2 Å². The predicted octanol–water partition coefficient (Wildman–Crippen LogP) is 3.58. The van der Waals surface area contributed by atoms with E-state index in [9.17, 15) is 18.0 Å². The average molecular weight is 399 g/mol. The number of halogens is 3. The smallest absolute Gasteiger partial charge is 0.422 e. The second-order valence-electron chi connectivity index (χ2n) is 5.64. The number of alkyl halides is 3. The molecular weight excluding hydrogens is 379 g/mol. The van der Waals surface area contributed by atoms with Crippen LogP contribution >= 0.6 is 0 Å². The van der Waals surface area contributed by atoms with Gasteiger partial charge in [-0.3, -0.25) is 4.79 Å². The normalized spacial score (nSPS) is 10.9. The van der Waals surface area contributed by atoms with Gasteiger partial charge in [-0.1, -0.05) is 12.1 Å². The Balaban J connectivity index is 2.02. The van der Waals surface area contributed by atoms with Crippen LogP contribution in [-0.4, -0.2) is 40.0 Å². The number of carbonyl (C=O) groups excluding carboxylic acids is 1. The molecule has 1 amide bonds. The molecule has 2 rings (SSSR count). The van der Waals surface area contributed by atoms with E-state index in [1.54, 1.807) is 12.1 Å². The molecule has 152 valence electrons. The number of rotatable bonds is 8. The molecule has 0 atom stereocenters. The van der Waals surface area contributed by atoms with Crippen molar-refractivity contribution >= 4 is 5.91 Å². The van der Waals surface area contributed by atoms with Crippen molar-refractivity contribution in [3.63, 3.8) is 0 Å². The lowest BCUT2D eigenvalue weighted by Crippen LogP contribution is -2.23. The summed E-state index contributed by atoms with van der Waals surface area (Å²) in [7, 11) is 4.35. The van der Waals surface area contributed by atoms with Crippen molar-refractivity contribution in [3.05, 3.63) is 47.5 Å². The topological polar surface area (TPSA) is 66.0 Å². The Morgan fingerprint density at radius 1 is 0.964 bits per heavy atom. The van der Waals surface area contributed by atoms with Gasteiger partial charge >= 0.3 is 6.18 Å². The van der Waals surface area contributed by atoms with E-state index < -0.39 is 12.8 Å². The van der Waals surface area contributed by atoms with E-state index in [4.69, 9.17) is 14.2 Å². The Morgan fingerprint density at radius 2 is 1.54 bits per heavy atom. The Kier molecular flexibility index (Phi) is 6.97. The Morgan fingerprint density at radius 3 is 2.00 bits per heavy atom. The van der Waals surface area contributed by atoms with E-state index in [0.29, 0.717) is 28.4 Å². The summed E-state index contributed by atoms with van der Waals surface area (Å²) in [5.41, 5.74) is 1.000. The summed E-state index contributed by atoms with van der Waals surface area (Å²) in [4.78, 5) is 12.4. The van der Waals surface area contributed by atoms with Gasteiger partial charge in [0.1, 0.15) is 5.75 Å². The molecule has 9 heteroatoms. The monoisotopic (exact) mass is 399 g/mol. The zero-order chi connectivity index (χ0) is 20.7. The molecule has 6 nitrogen and oxygen atoms in total. The lowest BCUT2D eigenvalue weighted by atomic mass is 10.1. The van der Waals surface area contributed by atoms with Crippen LogP contribution < -0.4 is 24.3 Å². The molecule has 0 spiro atoms. The van der Waals surface area contributed by atoms with Crippen LogP contribution in [0.1, 0.15) is 15.9 Å². The van der Waals surface area contributed by atoms with Gasteiger partial charge < -0.3 is 24.3 Å². The fraction of sp³-hybridized carbons (Fsp3) is 0.316. The van der Waals surface area contributed by atoms with Gasteiger partial charge in [-0.15, -0.1) is 0 Å². The van der Waals surface area contributed by atoms with E-state index in [1.807, 2.05) is 0 Å². The minimum atomic E-state index is -4.40. The van der Waals surface area contributed by atoms with Crippen LogP contribution in [0.3, 0.4) is 0 Å². The van der Waals surface area contributed by atoms with Gasteiger partial charge in [-0.2, -0.15) is 13.2 Å². The Labute approximate surface area is 160 Å². The first-order valence-corrected chi connectivity index (χ1v) is 8.14. The number of methoxy groups -OCH3 is 3. The second kappa shape index (κ2) is 9.20. The van der Waals surface area contributed by atoms with Gasteiger partial charge in [0.25, 0.3) is 5.91 Å². The van der Waals surface area contributed by atoms with E-state index >= 15 is 0 Å². The van der Waals surface area contributed by atoms with Crippen LogP contribution in [-0.2, 0) is 6.54 Å². The maximum Gasteiger partial charge on any atom is 0.422 e. The summed E-state index contributed by atoms with van der Waals surface area (Å²) in [5, 5.41) is 2.72. The maximum atomic E-state index is 12.4. The molecule has 0 saturated heterocycles. The first-order valence-electron chi connectivity index (χ1n) is 8.14. The Bertz CT molecular complexity index is 781. The number of carbonyl (C=O) groups is 1. The molecule has 0 aromatic heterocycles. The average Bonchev–Trinajstić information content (AvgIpc) is 2.69. The van der Waals surface area contributed by atoms with Crippen molar-refractivity contribution in [3.8, 4) is 23.0 Å². The second-order valence-corrected chi connectivity index (χ2v) is 5.64. The van der Waals surface area contributed by atoms with Crippen molar-refractivity contribution in [2.75, 3.05) is 27.9 Å². The highest BCUT2D eigenvalue weighted by atomic mass is 19.4. The fourth-order valence-electron chi connectivity index (χ4n) is 2.37. The van der Waals surface area contributed by atoms with Crippen LogP contribution in [0.5, 0.6) is 23.0 Å². The minimum Gasteiger partial charge on any atom is -0.493 e. The predicted molar refractivity (Wildman–Crippen MR) is 95.3 cm³/mol. The lowest BCUT2D eigenvalue weighted by Gasteiger charge is -2.14. The molecule has 0 saturated carbocycles. The van der Waals surface area contributed by atoms with Crippen molar-refractivity contribution in [1.82, 2.24) is 5.32 Å². The highest BCUT2D eigenvalue weighted by molar-refractivity contribution is 5.95. The van der Waals surface area contributed by atoms with Crippen LogP contribution in [0, 0.1) is 0 Å². The van der Waals surface area contributed by atoms with Gasteiger partial charge in [0.05, 0.1) is 21.3 Å². The number of hydrogen-bond acceptors (Lipinski definition) is 5. The number of nitrogens with one attached hydrogen (secondary N) is 1. The first kappa shape index (κ1) is 21.2. The molecule has 0 unspecified atom stereocenters. The minimum absolute atomic E-state index is 0.0945. The summed E-state index contributed by atoms with van der Waals surface area (Å²) in [5.74, 6) is 0.779. The first-order chi connectivity index (χ1) is 13.3. The molecule has 28 heavy (non-hydrogen) atoms. The zero-order valence-electron chi connectivity index (χ0n) is 15.6. The summed E-state index contributed by atoms with van der Waals surface area (Å²) < 4.78 is 56.7. The van der Waals surface area contributed by atoms with Gasteiger partial charge in [0.15, 0.2) is 18.1 Å². The van der Waals surface area contributed by atoms with Gasteiger partial charge in [0, 0.05) is 12.1 Å². The van der Waals surface area contributed by atoms with Crippen LogP contribution in [0.15, 0.2) is 36.4 Å². The fourth-order valence-corrected chi connectivity index (χ4v) is 2.37. The number of amides is 1. The van der Waals surface area contributed by atoms with Crippen LogP contribution in [0.25, 0.3) is 0 Å². The molecule has 0 radical (unpaired) electrons. The van der Waals surface area contributed by atoms with Gasteiger partial charge in [0.2, 0.25) is 5.75 Å². The van der Waals surface area contributed by atoms with Crippen LogP contribution in [0.2, 0.25) is 0 Å². The lowest BCUT2D eigenvalue weighted by molar-refractivity contribution is -0.153. The number of ether oxygens (including phenoxy) is 4. The van der Waals surface area contributed by atoms with Gasteiger partial charge in [-0.25, -0.2) is 0 Å². The van der Waals surface area contributed by atoms with Crippen molar-refractivity contribution in [1.29, 1.82) is 0 Å². The van der Waals surface area contributed by atoms with Crippen molar-refractivity contribution in [2.24, 2.45) is 0 Å². The molecule has 0 heterocycles. The molecule has 2 aromatic rings. The summed E-state index contributed by atoms with van der Waals surface area (Å²) in [6, 6.07) is 9.00. The maximum absolute atomic E-state index is 12.4. The Hall–Kier alpha value is -3.10. The molecule has 0 aliphatic heterocycles. The van der Waals surface area contributed by atoms with Crippen molar-refractivity contribution in [2.45, 2.75) is 12.7 Å². The SMILES string of the molecule is COc1cc(C(=O)NCc2ccc(OCC(F)(F)F)cc2)cc(OC)c1OC. The van der Waals surface area contributed by atoms with E-state index in [1.165, 1.54) is 45.6 Å². The third-order valence-corrected chi connectivity index (χ3v) is 3.71. The summed E-state index contributed by atoms with van der Waals surface area (Å²) >= 11 is 0. The standard InChI is InChI=1S/C19H20F3NO5/c1-25-15-8-13(9-16(26-2)17(15)27-3)18(24)23-10-12-4-6-14(7-5-12)28-11-19(20,21)22/h4-9H,10-11H2,1-3H3,(H,23,24). The molecule has 0 aliphatic carbocycles. The summed E-state index contributed by atoms with van der Waals surface area (Å²) in [6.45, 7) is -1.18. The summed E-state index contributed by atoms with van der Waals surface area (Å²) in [6.07, 6.45) is -4.40. The molecular formula is C19H20F3NO5. The molecule has 1 N–H and O–H groups in total. The van der Waals surface area contributed by atoms with E-state index in [2.05, 4.69) is 10.1 Å². The highest BCUT2D eigenvalue weighted by Crippen LogP contribution is 2.38. The molecule has 2 aromatic carbocycles. The molecule has 0 fully saturated rings. The van der Waals surface area contributed by atoms with E-state index in [-0.39, 0.29) is 18.2 Å². The quantitative estimate of drug-likeness (QED) is 0.735. The number of hydrogen-bond donors (Lipinski definition) is 1. The largest absolute Gasteiger partial charge is 0.493 e. The van der Waals surface area contributed by atoms with E-state index in [0.717, 1.165) is 0 Å². The molecule has 0 bridgehead atoms. The third kappa shape index (κ3) is 5.70. The van der Waals surface area contributed by atoms with Gasteiger partial charge in [-0.05, 0) is 29.8 Å².